The summed E-state index contributed by atoms with van der Waals surface area (Å²) < 4.78 is 74.9. The summed E-state index contributed by atoms with van der Waals surface area (Å²) in [6, 6.07) is 4.52. The standard InChI is InChI=1S/C13H12F3N3O4S/c14-13(15,16)11-7-12(18-17-11)19-24(20,21)8-2-3-9-10(6-8)23-5-1-4-22-9/h2-3,6-7H,1,4-5H2,(H2,17,18,19). The van der Waals surface area contributed by atoms with Crippen LogP contribution in [0, 0.1) is 0 Å². The second kappa shape index (κ2) is 5.89. The SMILES string of the molecule is O=S(=O)(Nc1cc(C(F)(F)F)[nH]n1)c1ccc2c(c1)OCCCO2. The van der Waals surface area contributed by atoms with Gasteiger partial charge in [0.2, 0.25) is 0 Å². The smallest absolute Gasteiger partial charge is 0.432 e. The van der Waals surface area contributed by atoms with Crippen molar-refractivity contribution in [1.82, 2.24) is 10.2 Å². The van der Waals surface area contributed by atoms with Gasteiger partial charge in [-0.1, -0.05) is 0 Å². The van der Waals surface area contributed by atoms with E-state index >= 15 is 0 Å². The fourth-order valence-electron chi connectivity index (χ4n) is 2.03. The molecule has 0 unspecified atom stereocenters. The lowest BCUT2D eigenvalue weighted by Crippen LogP contribution is -2.13. The van der Waals surface area contributed by atoms with Gasteiger partial charge < -0.3 is 9.47 Å². The molecule has 2 heterocycles. The Morgan fingerprint density at radius 1 is 1.12 bits per heavy atom. The zero-order valence-corrected chi connectivity index (χ0v) is 12.9. The number of aromatic amines is 1. The van der Waals surface area contributed by atoms with Gasteiger partial charge in [-0.15, -0.1) is 0 Å². The molecule has 11 heteroatoms. The highest BCUT2D eigenvalue weighted by Crippen LogP contribution is 2.33. The maximum atomic E-state index is 12.5. The van der Waals surface area contributed by atoms with Crippen LogP contribution in [-0.2, 0) is 16.2 Å². The van der Waals surface area contributed by atoms with Crippen molar-refractivity contribution in [2.24, 2.45) is 0 Å². The van der Waals surface area contributed by atoms with Gasteiger partial charge in [0.1, 0.15) is 5.69 Å². The number of benzene rings is 1. The summed E-state index contributed by atoms with van der Waals surface area (Å²) in [6.45, 7) is 0.822. The molecule has 3 rings (SSSR count). The summed E-state index contributed by atoms with van der Waals surface area (Å²) in [5, 5.41) is 5.04. The zero-order chi connectivity index (χ0) is 17.4. The van der Waals surface area contributed by atoms with Gasteiger partial charge in [-0.05, 0) is 12.1 Å². The van der Waals surface area contributed by atoms with Gasteiger partial charge in [-0.2, -0.15) is 18.3 Å². The molecule has 0 atom stereocenters. The minimum absolute atomic E-state index is 0.177. The Morgan fingerprint density at radius 3 is 2.50 bits per heavy atom. The van der Waals surface area contributed by atoms with Gasteiger partial charge in [0.15, 0.2) is 17.3 Å². The number of fused-ring (bicyclic) bond motifs is 1. The Labute approximate surface area is 134 Å². The normalized spacial score (nSPS) is 15.0. The Bertz CT molecular complexity index is 848. The van der Waals surface area contributed by atoms with E-state index in [0.717, 1.165) is 0 Å². The number of rotatable bonds is 3. The molecule has 0 bridgehead atoms. The van der Waals surface area contributed by atoms with E-state index in [0.29, 0.717) is 31.5 Å². The minimum atomic E-state index is -4.65. The van der Waals surface area contributed by atoms with Crippen molar-refractivity contribution < 1.29 is 31.1 Å². The number of nitrogens with one attached hydrogen (secondary N) is 2. The third-order valence-electron chi connectivity index (χ3n) is 3.15. The minimum Gasteiger partial charge on any atom is -0.490 e. The lowest BCUT2D eigenvalue weighted by molar-refractivity contribution is -0.141. The molecule has 0 aliphatic carbocycles. The number of hydrogen-bond donors (Lipinski definition) is 2. The molecule has 2 N–H and O–H groups in total. The third-order valence-corrected chi connectivity index (χ3v) is 4.50. The topological polar surface area (TPSA) is 93.3 Å². The van der Waals surface area contributed by atoms with E-state index in [4.69, 9.17) is 9.47 Å². The monoisotopic (exact) mass is 363 g/mol. The number of anilines is 1. The Balaban J connectivity index is 1.85. The Kier molecular flexibility index (Phi) is 4.03. The first kappa shape index (κ1) is 16.4. The summed E-state index contributed by atoms with van der Waals surface area (Å²) in [7, 11) is -4.13. The third kappa shape index (κ3) is 3.40. The summed E-state index contributed by atoms with van der Waals surface area (Å²) in [5.41, 5.74) is -1.15. The van der Waals surface area contributed by atoms with Crippen LogP contribution in [0.1, 0.15) is 12.1 Å². The highest BCUT2D eigenvalue weighted by Gasteiger charge is 2.33. The summed E-state index contributed by atoms with van der Waals surface area (Å²) >= 11 is 0. The highest BCUT2D eigenvalue weighted by atomic mass is 32.2. The molecule has 1 aliphatic heterocycles. The van der Waals surface area contributed by atoms with Gasteiger partial charge in [0, 0.05) is 18.6 Å². The summed E-state index contributed by atoms with van der Waals surface area (Å²) in [5.74, 6) is 0.202. The first-order valence-electron chi connectivity index (χ1n) is 6.81. The van der Waals surface area contributed by atoms with Crippen LogP contribution in [0.25, 0.3) is 0 Å². The van der Waals surface area contributed by atoms with Crippen LogP contribution in [0.3, 0.4) is 0 Å². The van der Waals surface area contributed by atoms with Crippen LogP contribution in [0.2, 0.25) is 0 Å². The molecule has 1 aromatic heterocycles. The quantitative estimate of drug-likeness (QED) is 0.873. The molecular formula is C13H12F3N3O4S. The molecule has 1 aliphatic rings. The van der Waals surface area contributed by atoms with Crippen LogP contribution in [0.4, 0.5) is 19.0 Å². The number of aromatic nitrogens is 2. The van der Waals surface area contributed by atoms with E-state index in [1.54, 1.807) is 5.10 Å². The lowest BCUT2D eigenvalue weighted by atomic mass is 10.3. The number of H-pyrrole nitrogens is 1. The van der Waals surface area contributed by atoms with Gasteiger partial charge in [-0.25, -0.2) is 8.42 Å². The average molecular weight is 363 g/mol. The number of sulfonamides is 1. The van der Waals surface area contributed by atoms with Crippen molar-refractivity contribution in [3.05, 3.63) is 30.0 Å². The van der Waals surface area contributed by atoms with E-state index in [1.807, 2.05) is 4.72 Å². The van der Waals surface area contributed by atoms with E-state index in [1.165, 1.54) is 18.2 Å². The average Bonchev–Trinajstić information content (AvgIpc) is 2.83. The van der Waals surface area contributed by atoms with Crippen molar-refractivity contribution in [2.75, 3.05) is 17.9 Å². The summed E-state index contributed by atoms with van der Waals surface area (Å²) in [6.07, 6.45) is -3.99. The molecule has 0 radical (unpaired) electrons. The molecule has 0 amide bonds. The Hall–Kier alpha value is -2.43. The van der Waals surface area contributed by atoms with Crippen LogP contribution in [0.15, 0.2) is 29.2 Å². The van der Waals surface area contributed by atoms with Crippen molar-refractivity contribution in [2.45, 2.75) is 17.5 Å². The van der Waals surface area contributed by atoms with E-state index < -0.39 is 27.7 Å². The van der Waals surface area contributed by atoms with Gasteiger partial charge >= 0.3 is 6.18 Å². The molecule has 7 nitrogen and oxygen atoms in total. The van der Waals surface area contributed by atoms with Crippen LogP contribution < -0.4 is 14.2 Å². The van der Waals surface area contributed by atoms with E-state index in [9.17, 15) is 21.6 Å². The Morgan fingerprint density at radius 2 is 1.83 bits per heavy atom. The maximum absolute atomic E-state index is 12.5. The second-order valence-corrected chi connectivity index (χ2v) is 6.61. The predicted molar refractivity (Wildman–Crippen MR) is 76.4 cm³/mol. The van der Waals surface area contributed by atoms with E-state index in [2.05, 4.69) is 5.10 Å². The van der Waals surface area contributed by atoms with Crippen molar-refractivity contribution in [1.29, 1.82) is 0 Å². The fourth-order valence-corrected chi connectivity index (χ4v) is 3.03. The van der Waals surface area contributed by atoms with Crippen molar-refractivity contribution in [3.8, 4) is 11.5 Å². The molecule has 0 saturated carbocycles. The zero-order valence-electron chi connectivity index (χ0n) is 12.1. The first-order chi connectivity index (χ1) is 11.3. The number of nitrogens with zero attached hydrogens (tertiary/aromatic N) is 1. The number of halogens is 3. The van der Waals surface area contributed by atoms with Crippen molar-refractivity contribution in [3.63, 3.8) is 0 Å². The predicted octanol–water partition coefficient (Wildman–Crippen LogP) is 2.39. The van der Waals surface area contributed by atoms with Crippen molar-refractivity contribution >= 4 is 15.8 Å². The first-order valence-corrected chi connectivity index (χ1v) is 8.29. The molecule has 1 aromatic carbocycles. The second-order valence-electron chi connectivity index (χ2n) is 4.93. The lowest BCUT2D eigenvalue weighted by Gasteiger charge is -2.10. The number of ether oxygens (including phenoxy) is 2. The molecule has 130 valence electrons. The van der Waals surface area contributed by atoms with E-state index in [-0.39, 0.29) is 10.6 Å². The fraction of sp³-hybridized carbons (Fsp3) is 0.308. The summed E-state index contributed by atoms with van der Waals surface area (Å²) in [4.78, 5) is -0.177. The molecule has 2 aromatic rings. The van der Waals surface area contributed by atoms with Gasteiger partial charge in [0.25, 0.3) is 10.0 Å². The van der Waals surface area contributed by atoms with Gasteiger partial charge in [-0.3, -0.25) is 9.82 Å². The number of hydrogen-bond acceptors (Lipinski definition) is 5. The molecule has 24 heavy (non-hydrogen) atoms. The molecule has 0 fully saturated rings. The molecule has 0 saturated heterocycles. The van der Waals surface area contributed by atoms with Crippen LogP contribution in [-0.4, -0.2) is 31.8 Å². The van der Waals surface area contributed by atoms with Gasteiger partial charge in [0.05, 0.1) is 18.1 Å². The molecular weight excluding hydrogens is 351 g/mol. The van der Waals surface area contributed by atoms with Crippen LogP contribution >= 0.6 is 0 Å². The largest absolute Gasteiger partial charge is 0.490 e. The number of alkyl halides is 3. The van der Waals surface area contributed by atoms with Crippen LogP contribution in [0.5, 0.6) is 11.5 Å². The molecule has 0 spiro atoms. The highest BCUT2D eigenvalue weighted by molar-refractivity contribution is 7.92. The maximum Gasteiger partial charge on any atom is 0.432 e.